The summed E-state index contributed by atoms with van der Waals surface area (Å²) in [6.07, 6.45) is 3.65. The van der Waals surface area contributed by atoms with Crippen molar-refractivity contribution in [2.75, 3.05) is 19.7 Å². The molecular weight excluding hydrogens is 266 g/mol. The summed E-state index contributed by atoms with van der Waals surface area (Å²) in [4.78, 5) is 18.1. The predicted molar refractivity (Wildman–Crippen MR) is 83.1 cm³/mol. The van der Waals surface area contributed by atoms with Gasteiger partial charge < -0.3 is 15.4 Å². The Hall–Kier alpha value is -2.04. The standard InChI is InChI=1S/C16H23N3O2/c1-2-21-15(20)14-8-6-13(7-9-14)12-18-16(17)19-10-4-3-5-11-19/h6-9H,2-5,10-12H2,1H3,(H2,17,18). The molecule has 21 heavy (non-hydrogen) atoms. The number of esters is 1. The highest BCUT2D eigenvalue weighted by Crippen LogP contribution is 2.10. The van der Waals surface area contributed by atoms with Crippen molar-refractivity contribution in [3.05, 3.63) is 35.4 Å². The van der Waals surface area contributed by atoms with Crippen LogP contribution < -0.4 is 5.73 Å². The van der Waals surface area contributed by atoms with E-state index in [2.05, 4.69) is 9.89 Å². The van der Waals surface area contributed by atoms with E-state index in [0.29, 0.717) is 24.7 Å². The van der Waals surface area contributed by atoms with Crippen molar-refractivity contribution in [3.8, 4) is 0 Å². The van der Waals surface area contributed by atoms with E-state index in [0.717, 1.165) is 18.7 Å². The molecular formula is C16H23N3O2. The zero-order chi connectivity index (χ0) is 15.1. The first-order chi connectivity index (χ1) is 10.2. The van der Waals surface area contributed by atoms with Crippen LogP contribution >= 0.6 is 0 Å². The second-order valence-electron chi connectivity index (χ2n) is 5.14. The minimum absolute atomic E-state index is 0.291. The van der Waals surface area contributed by atoms with Crippen LogP contribution in [0.3, 0.4) is 0 Å². The van der Waals surface area contributed by atoms with Gasteiger partial charge in [-0.15, -0.1) is 0 Å². The number of hydrogen-bond acceptors (Lipinski definition) is 3. The van der Waals surface area contributed by atoms with E-state index < -0.39 is 0 Å². The highest BCUT2D eigenvalue weighted by atomic mass is 16.5. The van der Waals surface area contributed by atoms with Gasteiger partial charge in [0.1, 0.15) is 0 Å². The maximum Gasteiger partial charge on any atom is 0.338 e. The van der Waals surface area contributed by atoms with Crippen LogP contribution in [0.5, 0.6) is 0 Å². The summed E-state index contributed by atoms with van der Waals surface area (Å²) in [5.41, 5.74) is 7.61. The molecule has 2 N–H and O–H groups in total. The second-order valence-corrected chi connectivity index (χ2v) is 5.14. The number of aliphatic imine (C=N–C) groups is 1. The number of piperidine rings is 1. The van der Waals surface area contributed by atoms with Crippen molar-refractivity contribution in [3.63, 3.8) is 0 Å². The molecule has 0 unspecified atom stereocenters. The van der Waals surface area contributed by atoms with E-state index in [1.807, 2.05) is 12.1 Å². The van der Waals surface area contributed by atoms with Crippen LogP contribution in [0.25, 0.3) is 0 Å². The molecule has 1 aromatic rings. The van der Waals surface area contributed by atoms with E-state index in [1.54, 1.807) is 19.1 Å². The molecule has 0 aliphatic carbocycles. The van der Waals surface area contributed by atoms with Gasteiger partial charge in [-0.25, -0.2) is 9.79 Å². The van der Waals surface area contributed by atoms with Gasteiger partial charge in [-0.05, 0) is 43.9 Å². The molecule has 0 spiro atoms. The Kier molecular flexibility index (Phi) is 5.60. The summed E-state index contributed by atoms with van der Waals surface area (Å²) in [5.74, 6) is 0.324. The number of carbonyl (C=O) groups is 1. The Bertz CT molecular complexity index is 491. The molecule has 2 rings (SSSR count). The number of guanidine groups is 1. The van der Waals surface area contributed by atoms with Crippen LogP contribution in [0, 0.1) is 0 Å². The summed E-state index contributed by atoms with van der Waals surface area (Å²) < 4.78 is 4.95. The van der Waals surface area contributed by atoms with Gasteiger partial charge in [0.25, 0.3) is 0 Å². The van der Waals surface area contributed by atoms with Gasteiger partial charge in [0.05, 0.1) is 18.7 Å². The fraction of sp³-hybridized carbons (Fsp3) is 0.500. The summed E-state index contributed by atoms with van der Waals surface area (Å²) in [6.45, 7) is 4.71. The Morgan fingerprint density at radius 3 is 2.52 bits per heavy atom. The molecule has 0 saturated carbocycles. The van der Waals surface area contributed by atoms with Gasteiger partial charge in [0.2, 0.25) is 0 Å². The quantitative estimate of drug-likeness (QED) is 0.524. The lowest BCUT2D eigenvalue weighted by molar-refractivity contribution is 0.0526. The Morgan fingerprint density at radius 2 is 1.90 bits per heavy atom. The minimum atomic E-state index is -0.291. The van der Waals surface area contributed by atoms with Crippen LogP contribution in [-0.4, -0.2) is 36.5 Å². The molecule has 0 amide bonds. The molecule has 0 bridgehead atoms. The summed E-state index contributed by atoms with van der Waals surface area (Å²) in [5, 5.41) is 0. The lowest BCUT2D eigenvalue weighted by Crippen LogP contribution is -2.40. The molecule has 0 radical (unpaired) electrons. The number of benzene rings is 1. The van der Waals surface area contributed by atoms with Crippen LogP contribution in [0.2, 0.25) is 0 Å². The van der Waals surface area contributed by atoms with Crippen LogP contribution in [0.1, 0.15) is 42.1 Å². The van der Waals surface area contributed by atoms with Crippen molar-refractivity contribution >= 4 is 11.9 Å². The summed E-state index contributed by atoms with van der Waals surface area (Å²) in [6, 6.07) is 7.30. The number of hydrogen-bond donors (Lipinski definition) is 1. The maximum atomic E-state index is 11.6. The van der Waals surface area contributed by atoms with Gasteiger partial charge in [-0.2, -0.15) is 0 Å². The zero-order valence-corrected chi connectivity index (χ0v) is 12.5. The van der Waals surface area contributed by atoms with Crippen molar-refractivity contribution in [1.82, 2.24) is 4.90 Å². The lowest BCUT2D eigenvalue weighted by Gasteiger charge is -2.27. The average molecular weight is 289 g/mol. The van der Waals surface area contributed by atoms with Crippen molar-refractivity contribution in [2.45, 2.75) is 32.7 Å². The van der Waals surface area contributed by atoms with E-state index in [1.165, 1.54) is 19.3 Å². The number of rotatable bonds is 4. The third kappa shape index (κ3) is 4.48. The van der Waals surface area contributed by atoms with Gasteiger partial charge in [-0.3, -0.25) is 0 Å². The summed E-state index contributed by atoms with van der Waals surface area (Å²) >= 11 is 0. The highest BCUT2D eigenvalue weighted by Gasteiger charge is 2.11. The van der Waals surface area contributed by atoms with Gasteiger partial charge in [0, 0.05) is 13.1 Å². The molecule has 1 aromatic carbocycles. The molecule has 5 nitrogen and oxygen atoms in total. The first-order valence-electron chi connectivity index (χ1n) is 7.51. The Balaban J connectivity index is 1.92. The van der Waals surface area contributed by atoms with Crippen molar-refractivity contribution in [1.29, 1.82) is 0 Å². The molecule has 5 heteroatoms. The largest absolute Gasteiger partial charge is 0.462 e. The molecule has 114 valence electrons. The molecule has 1 aliphatic rings. The Labute approximate surface area is 125 Å². The third-order valence-corrected chi connectivity index (χ3v) is 3.57. The fourth-order valence-corrected chi connectivity index (χ4v) is 2.36. The normalized spacial score (nSPS) is 15.9. The topological polar surface area (TPSA) is 67.9 Å². The van der Waals surface area contributed by atoms with Crippen LogP contribution in [0.4, 0.5) is 0 Å². The maximum absolute atomic E-state index is 11.6. The van der Waals surface area contributed by atoms with E-state index in [4.69, 9.17) is 10.5 Å². The second kappa shape index (κ2) is 7.67. The van der Waals surface area contributed by atoms with E-state index in [-0.39, 0.29) is 5.97 Å². The molecule has 1 heterocycles. The van der Waals surface area contributed by atoms with E-state index >= 15 is 0 Å². The van der Waals surface area contributed by atoms with Gasteiger partial charge >= 0.3 is 5.97 Å². The third-order valence-electron chi connectivity index (χ3n) is 3.57. The molecule has 0 atom stereocenters. The SMILES string of the molecule is CCOC(=O)c1ccc(CN=C(N)N2CCCCC2)cc1. The number of likely N-dealkylation sites (tertiary alicyclic amines) is 1. The van der Waals surface area contributed by atoms with Gasteiger partial charge in [0.15, 0.2) is 5.96 Å². The molecule has 1 saturated heterocycles. The van der Waals surface area contributed by atoms with Crippen molar-refractivity contribution < 1.29 is 9.53 Å². The first kappa shape index (κ1) is 15.4. The van der Waals surface area contributed by atoms with Crippen LogP contribution in [0.15, 0.2) is 29.3 Å². The monoisotopic (exact) mass is 289 g/mol. The van der Waals surface area contributed by atoms with Crippen LogP contribution in [-0.2, 0) is 11.3 Å². The first-order valence-corrected chi connectivity index (χ1v) is 7.51. The van der Waals surface area contributed by atoms with Gasteiger partial charge in [-0.1, -0.05) is 12.1 Å². The lowest BCUT2D eigenvalue weighted by atomic mass is 10.1. The fourth-order valence-electron chi connectivity index (χ4n) is 2.36. The number of nitrogens with two attached hydrogens (primary N) is 1. The Morgan fingerprint density at radius 1 is 1.24 bits per heavy atom. The molecule has 1 fully saturated rings. The number of ether oxygens (including phenoxy) is 1. The van der Waals surface area contributed by atoms with Crippen molar-refractivity contribution in [2.24, 2.45) is 10.7 Å². The number of nitrogens with zero attached hydrogens (tertiary/aromatic N) is 2. The highest BCUT2D eigenvalue weighted by molar-refractivity contribution is 5.89. The molecule has 1 aliphatic heterocycles. The average Bonchev–Trinajstić information content (AvgIpc) is 2.54. The summed E-state index contributed by atoms with van der Waals surface area (Å²) in [7, 11) is 0. The molecule has 0 aromatic heterocycles. The predicted octanol–water partition coefficient (Wildman–Crippen LogP) is 2.16. The zero-order valence-electron chi connectivity index (χ0n) is 12.5. The van der Waals surface area contributed by atoms with E-state index in [9.17, 15) is 4.79 Å². The minimum Gasteiger partial charge on any atom is -0.462 e. The smallest absolute Gasteiger partial charge is 0.338 e. The number of carbonyl (C=O) groups excluding carboxylic acids is 1.